The minimum atomic E-state index is -0.299. The maximum atomic E-state index is 12.5. The van der Waals surface area contributed by atoms with Crippen LogP contribution in [0.2, 0.25) is 0 Å². The largest absolute Gasteiger partial charge is 0.459 e. The van der Waals surface area contributed by atoms with Crippen molar-refractivity contribution >= 4 is 35.0 Å². The molecule has 5 nitrogen and oxygen atoms in total. The first-order chi connectivity index (χ1) is 13.4. The number of amides is 2. The van der Waals surface area contributed by atoms with E-state index in [4.69, 9.17) is 4.42 Å². The van der Waals surface area contributed by atoms with Crippen molar-refractivity contribution in [2.24, 2.45) is 0 Å². The Morgan fingerprint density at radius 3 is 2.29 bits per heavy atom. The van der Waals surface area contributed by atoms with Crippen LogP contribution in [0.25, 0.3) is 0 Å². The molecule has 2 amide bonds. The molecule has 0 aliphatic carbocycles. The highest BCUT2D eigenvalue weighted by atomic mass is 32.2. The molecule has 3 aromatic rings. The maximum Gasteiger partial charge on any atom is 0.291 e. The lowest BCUT2D eigenvalue weighted by atomic mass is 10.1. The number of carbonyl (C=O) groups is 2. The Bertz CT molecular complexity index is 966. The molecular formula is C22H22N2O3S. The summed E-state index contributed by atoms with van der Waals surface area (Å²) in [4.78, 5) is 25.4. The topological polar surface area (TPSA) is 71.3 Å². The summed E-state index contributed by atoms with van der Waals surface area (Å²) in [7, 11) is 0. The lowest BCUT2D eigenvalue weighted by molar-refractivity contribution is -0.115. The van der Waals surface area contributed by atoms with Crippen molar-refractivity contribution in [3.05, 3.63) is 77.7 Å². The highest BCUT2D eigenvalue weighted by Gasteiger charge is 2.15. The molecule has 0 bridgehead atoms. The summed E-state index contributed by atoms with van der Waals surface area (Å²) in [6.07, 6.45) is 1.46. The molecule has 1 unspecified atom stereocenters. The molecular weight excluding hydrogens is 372 g/mol. The summed E-state index contributed by atoms with van der Waals surface area (Å²) in [5, 5.41) is 5.47. The number of hydrogen-bond donors (Lipinski definition) is 2. The van der Waals surface area contributed by atoms with Crippen LogP contribution in [0.1, 0.15) is 28.6 Å². The van der Waals surface area contributed by atoms with Gasteiger partial charge in [-0.05, 0) is 80.4 Å². The van der Waals surface area contributed by atoms with Crippen molar-refractivity contribution < 1.29 is 14.0 Å². The SMILES string of the molecule is Cc1ccc(NC(=O)C(C)Sc2ccc(NC(=O)c3ccco3)cc2)cc1C. The van der Waals surface area contributed by atoms with Crippen molar-refractivity contribution in [1.82, 2.24) is 0 Å². The summed E-state index contributed by atoms with van der Waals surface area (Å²) in [5.41, 5.74) is 3.81. The van der Waals surface area contributed by atoms with Crippen molar-refractivity contribution in [3.8, 4) is 0 Å². The van der Waals surface area contributed by atoms with Crippen LogP contribution in [0.3, 0.4) is 0 Å². The number of nitrogens with one attached hydrogen (secondary N) is 2. The van der Waals surface area contributed by atoms with Gasteiger partial charge in [-0.15, -0.1) is 11.8 Å². The molecule has 0 radical (unpaired) electrons. The fourth-order valence-corrected chi connectivity index (χ4v) is 3.41. The van der Waals surface area contributed by atoms with Crippen LogP contribution in [0.15, 0.2) is 70.2 Å². The first-order valence-electron chi connectivity index (χ1n) is 8.92. The normalized spacial score (nSPS) is 11.7. The molecule has 1 atom stereocenters. The molecule has 0 saturated heterocycles. The summed E-state index contributed by atoms with van der Waals surface area (Å²) in [5.74, 6) is -0.0925. The van der Waals surface area contributed by atoms with Crippen LogP contribution in [-0.2, 0) is 4.79 Å². The van der Waals surface area contributed by atoms with Gasteiger partial charge in [-0.3, -0.25) is 9.59 Å². The van der Waals surface area contributed by atoms with E-state index in [1.165, 1.54) is 23.6 Å². The van der Waals surface area contributed by atoms with E-state index in [1.54, 1.807) is 24.3 Å². The third kappa shape index (κ3) is 5.04. The number of furan rings is 1. The fraction of sp³-hybridized carbons (Fsp3) is 0.182. The van der Waals surface area contributed by atoms with Gasteiger partial charge >= 0.3 is 0 Å². The van der Waals surface area contributed by atoms with E-state index in [-0.39, 0.29) is 22.8 Å². The molecule has 1 heterocycles. The Balaban J connectivity index is 1.56. The zero-order valence-corrected chi connectivity index (χ0v) is 16.8. The average molecular weight is 394 g/mol. The number of hydrogen-bond acceptors (Lipinski definition) is 4. The monoisotopic (exact) mass is 394 g/mol. The highest BCUT2D eigenvalue weighted by molar-refractivity contribution is 8.00. The number of anilines is 2. The van der Waals surface area contributed by atoms with Gasteiger partial charge in [-0.1, -0.05) is 6.07 Å². The molecule has 0 aliphatic rings. The van der Waals surface area contributed by atoms with Crippen molar-refractivity contribution in [2.45, 2.75) is 30.9 Å². The van der Waals surface area contributed by atoms with Gasteiger partial charge in [0.05, 0.1) is 11.5 Å². The van der Waals surface area contributed by atoms with E-state index < -0.39 is 0 Å². The van der Waals surface area contributed by atoms with Gasteiger partial charge in [-0.25, -0.2) is 0 Å². The lowest BCUT2D eigenvalue weighted by Crippen LogP contribution is -2.22. The third-order valence-electron chi connectivity index (χ3n) is 4.31. The zero-order valence-electron chi connectivity index (χ0n) is 16.0. The van der Waals surface area contributed by atoms with Crippen LogP contribution in [0.4, 0.5) is 11.4 Å². The smallest absolute Gasteiger partial charge is 0.291 e. The summed E-state index contributed by atoms with van der Waals surface area (Å²) in [6, 6.07) is 16.5. The first kappa shape index (κ1) is 19.8. The van der Waals surface area contributed by atoms with E-state index in [9.17, 15) is 9.59 Å². The molecule has 0 spiro atoms. The maximum absolute atomic E-state index is 12.5. The Kier molecular flexibility index (Phi) is 6.21. The number of rotatable bonds is 6. The Labute approximate surface area is 168 Å². The molecule has 0 aliphatic heterocycles. The quantitative estimate of drug-likeness (QED) is 0.559. The van der Waals surface area contributed by atoms with E-state index in [2.05, 4.69) is 10.6 Å². The van der Waals surface area contributed by atoms with E-state index in [0.29, 0.717) is 5.69 Å². The summed E-state index contributed by atoms with van der Waals surface area (Å²) in [6.45, 7) is 5.93. The average Bonchev–Trinajstić information content (AvgIpc) is 3.21. The molecule has 2 aromatic carbocycles. The van der Waals surface area contributed by atoms with Gasteiger partial charge < -0.3 is 15.1 Å². The summed E-state index contributed by atoms with van der Waals surface area (Å²) < 4.78 is 5.07. The minimum absolute atomic E-state index is 0.0524. The van der Waals surface area contributed by atoms with Gasteiger partial charge in [0, 0.05) is 16.3 Å². The van der Waals surface area contributed by atoms with Gasteiger partial charge in [0.1, 0.15) is 0 Å². The summed E-state index contributed by atoms with van der Waals surface area (Å²) >= 11 is 1.46. The Morgan fingerprint density at radius 1 is 0.929 bits per heavy atom. The fourth-order valence-electron chi connectivity index (χ4n) is 2.54. The van der Waals surface area contributed by atoms with Crippen molar-refractivity contribution in [1.29, 1.82) is 0 Å². The van der Waals surface area contributed by atoms with Gasteiger partial charge in [0.15, 0.2) is 5.76 Å². The third-order valence-corrected chi connectivity index (χ3v) is 5.43. The molecule has 0 fully saturated rings. The van der Waals surface area contributed by atoms with Crippen molar-refractivity contribution in [2.75, 3.05) is 10.6 Å². The second-order valence-electron chi connectivity index (χ2n) is 6.50. The first-order valence-corrected chi connectivity index (χ1v) is 9.80. The standard InChI is InChI=1S/C22H22N2O3S/c1-14-6-7-18(13-15(14)2)24-21(25)16(3)28-19-10-8-17(9-11-19)23-22(26)20-5-4-12-27-20/h4-13,16H,1-3H3,(H,23,26)(H,24,25). The zero-order chi connectivity index (χ0) is 20.1. The van der Waals surface area contributed by atoms with E-state index in [1.807, 2.05) is 51.1 Å². The molecule has 0 saturated carbocycles. The number of thioether (sulfide) groups is 1. The predicted molar refractivity (Wildman–Crippen MR) is 113 cm³/mol. The number of benzene rings is 2. The molecule has 144 valence electrons. The minimum Gasteiger partial charge on any atom is -0.459 e. The lowest BCUT2D eigenvalue weighted by Gasteiger charge is -2.13. The number of aryl methyl sites for hydroxylation is 2. The van der Waals surface area contributed by atoms with Crippen molar-refractivity contribution in [3.63, 3.8) is 0 Å². The van der Waals surface area contributed by atoms with Crippen LogP contribution in [0.5, 0.6) is 0 Å². The van der Waals surface area contributed by atoms with Gasteiger partial charge in [0.2, 0.25) is 5.91 Å². The Morgan fingerprint density at radius 2 is 1.64 bits per heavy atom. The van der Waals surface area contributed by atoms with Gasteiger partial charge in [-0.2, -0.15) is 0 Å². The molecule has 2 N–H and O–H groups in total. The number of carbonyl (C=O) groups excluding carboxylic acids is 2. The van der Waals surface area contributed by atoms with Crippen LogP contribution in [0, 0.1) is 13.8 Å². The molecule has 6 heteroatoms. The second-order valence-corrected chi connectivity index (χ2v) is 7.92. The van der Waals surface area contributed by atoms with Crippen LogP contribution >= 0.6 is 11.8 Å². The van der Waals surface area contributed by atoms with Crippen LogP contribution in [-0.4, -0.2) is 17.1 Å². The highest BCUT2D eigenvalue weighted by Crippen LogP contribution is 2.26. The van der Waals surface area contributed by atoms with E-state index in [0.717, 1.165) is 16.1 Å². The van der Waals surface area contributed by atoms with Gasteiger partial charge in [0.25, 0.3) is 5.91 Å². The Hall–Kier alpha value is -2.99. The van der Waals surface area contributed by atoms with E-state index >= 15 is 0 Å². The molecule has 3 rings (SSSR count). The second kappa shape index (κ2) is 8.80. The molecule has 28 heavy (non-hydrogen) atoms. The molecule has 1 aromatic heterocycles. The predicted octanol–water partition coefficient (Wildman–Crippen LogP) is 5.27. The van der Waals surface area contributed by atoms with Crippen LogP contribution < -0.4 is 10.6 Å².